The number of aromatic nitrogens is 2. The zero-order chi connectivity index (χ0) is 14.0. The number of ether oxygens (including phenoxy) is 1. The molecule has 0 amide bonds. The number of carboxylic acid groups (broad SMARTS) is 1. The minimum atomic E-state index is -1.11. The van der Waals surface area contributed by atoms with Crippen molar-refractivity contribution in [3.8, 4) is 11.6 Å². The third-order valence-electron chi connectivity index (χ3n) is 2.42. The summed E-state index contributed by atoms with van der Waals surface area (Å²) in [4.78, 5) is 19.3. The van der Waals surface area contributed by atoms with Crippen LogP contribution in [0.2, 0.25) is 5.02 Å². The second kappa shape index (κ2) is 5.24. The van der Waals surface area contributed by atoms with Crippen LogP contribution < -0.4 is 4.74 Å². The van der Waals surface area contributed by atoms with Gasteiger partial charge in [-0.25, -0.2) is 9.78 Å². The fraction of sp³-hybridized carbons (Fsp3) is 0.154. The van der Waals surface area contributed by atoms with Gasteiger partial charge in [-0.1, -0.05) is 11.6 Å². The number of aryl methyl sites for hydroxylation is 2. The smallest absolute Gasteiger partial charge is 0.337 e. The maximum atomic E-state index is 11.0. The zero-order valence-corrected chi connectivity index (χ0v) is 11.1. The van der Waals surface area contributed by atoms with Gasteiger partial charge in [-0.15, -0.1) is 0 Å². The summed E-state index contributed by atoms with van der Waals surface area (Å²) >= 11 is 5.79. The van der Waals surface area contributed by atoms with Crippen LogP contribution in [0, 0.1) is 13.8 Å². The van der Waals surface area contributed by atoms with Crippen molar-refractivity contribution in [2.75, 3.05) is 0 Å². The average Bonchev–Trinajstić information content (AvgIpc) is 2.36. The first-order valence-electron chi connectivity index (χ1n) is 5.48. The van der Waals surface area contributed by atoms with E-state index in [4.69, 9.17) is 21.4 Å². The lowest BCUT2D eigenvalue weighted by molar-refractivity contribution is 0.0696. The third-order valence-corrected chi connectivity index (χ3v) is 2.74. The lowest BCUT2D eigenvalue weighted by Crippen LogP contribution is -2.00. The van der Waals surface area contributed by atoms with E-state index in [1.807, 2.05) is 0 Å². The molecule has 1 aromatic heterocycles. The predicted molar refractivity (Wildman–Crippen MR) is 70.0 cm³/mol. The summed E-state index contributed by atoms with van der Waals surface area (Å²) in [6.45, 7) is 3.56. The van der Waals surface area contributed by atoms with Crippen LogP contribution in [0.5, 0.6) is 11.6 Å². The summed E-state index contributed by atoms with van der Waals surface area (Å²) in [5.74, 6) is -0.411. The van der Waals surface area contributed by atoms with E-state index in [1.54, 1.807) is 26.1 Å². The SMILES string of the molecule is Cc1cnc(C)c(Oc2ccc(Cl)c(C(=O)O)c2)n1. The summed E-state index contributed by atoms with van der Waals surface area (Å²) in [6, 6.07) is 4.41. The monoisotopic (exact) mass is 278 g/mol. The highest BCUT2D eigenvalue weighted by molar-refractivity contribution is 6.33. The molecule has 6 heteroatoms. The Kier molecular flexibility index (Phi) is 3.66. The molecule has 0 unspecified atom stereocenters. The Morgan fingerprint density at radius 3 is 2.79 bits per heavy atom. The number of halogens is 1. The van der Waals surface area contributed by atoms with Gasteiger partial charge in [0.2, 0.25) is 5.88 Å². The zero-order valence-electron chi connectivity index (χ0n) is 10.3. The van der Waals surface area contributed by atoms with Crippen molar-refractivity contribution in [3.63, 3.8) is 0 Å². The van der Waals surface area contributed by atoms with Crippen molar-refractivity contribution in [2.24, 2.45) is 0 Å². The minimum Gasteiger partial charge on any atom is -0.478 e. The number of hydrogen-bond donors (Lipinski definition) is 1. The van der Waals surface area contributed by atoms with Crippen LogP contribution in [-0.2, 0) is 0 Å². The van der Waals surface area contributed by atoms with E-state index in [-0.39, 0.29) is 10.6 Å². The van der Waals surface area contributed by atoms with Gasteiger partial charge in [0.15, 0.2) is 0 Å². The average molecular weight is 279 g/mol. The number of nitrogens with zero attached hydrogens (tertiary/aromatic N) is 2. The van der Waals surface area contributed by atoms with Crippen molar-refractivity contribution in [3.05, 3.63) is 46.4 Å². The van der Waals surface area contributed by atoms with E-state index in [1.165, 1.54) is 12.1 Å². The van der Waals surface area contributed by atoms with Crippen molar-refractivity contribution in [1.82, 2.24) is 9.97 Å². The summed E-state index contributed by atoms with van der Waals surface area (Å²) < 4.78 is 5.54. The minimum absolute atomic E-state index is 0.0163. The molecule has 2 rings (SSSR count). The Bertz CT molecular complexity index is 644. The Morgan fingerprint density at radius 1 is 1.37 bits per heavy atom. The van der Waals surface area contributed by atoms with E-state index in [9.17, 15) is 4.79 Å². The van der Waals surface area contributed by atoms with Gasteiger partial charge in [0.1, 0.15) is 5.75 Å². The van der Waals surface area contributed by atoms with Gasteiger partial charge in [0, 0.05) is 6.20 Å². The van der Waals surface area contributed by atoms with Gasteiger partial charge >= 0.3 is 5.97 Å². The highest BCUT2D eigenvalue weighted by Gasteiger charge is 2.12. The first kappa shape index (κ1) is 13.3. The Hall–Kier alpha value is -2.14. The van der Waals surface area contributed by atoms with Gasteiger partial charge in [-0.05, 0) is 32.0 Å². The normalized spacial score (nSPS) is 10.3. The highest BCUT2D eigenvalue weighted by atomic mass is 35.5. The molecular formula is C13H11ClN2O3. The van der Waals surface area contributed by atoms with Gasteiger partial charge in [-0.2, -0.15) is 0 Å². The van der Waals surface area contributed by atoms with Crippen molar-refractivity contribution in [1.29, 1.82) is 0 Å². The van der Waals surface area contributed by atoms with Crippen LogP contribution in [0.4, 0.5) is 0 Å². The molecule has 0 aliphatic heterocycles. The molecule has 0 fully saturated rings. The van der Waals surface area contributed by atoms with Crippen LogP contribution in [-0.4, -0.2) is 21.0 Å². The van der Waals surface area contributed by atoms with Crippen molar-refractivity contribution < 1.29 is 14.6 Å². The molecular weight excluding hydrogens is 268 g/mol. The van der Waals surface area contributed by atoms with Crippen molar-refractivity contribution >= 4 is 17.6 Å². The van der Waals surface area contributed by atoms with Crippen LogP contribution in [0.15, 0.2) is 24.4 Å². The summed E-state index contributed by atoms with van der Waals surface area (Å²) in [7, 11) is 0. The van der Waals surface area contributed by atoms with Crippen LogP contribution in [0.25, 0.3) is 0 Å². The molecule has 0 aliphatic carbocycles. The molecule has 0 atom stereocenters. The Morgan fingerprint density at radius 2 is 2.11 bits per heavy atom. The topological polar surface area (TPSA) is 72.3 Å². The van der Waals surface area contributed by atoms with Gasteiger partial charge < -0.3 is 9.84 Å². The largest absolute Gasteiger partial charge is 0.478 e. The molecule has 0 spiro atoms. The lowest BCUT2D eigenvalue weighted by atomic mass is 10.2. The number of rotatable bonds is 3. The third kappa shape index (κ3) is 3.00. The molecule has 0 saturated carbocycles. The Balaban J connectivity index is 2.36. The van der Waals surface area contributed by atoms with E-state index >= 15 is 0 Å². The maximum absolute atomic E-state index is 11.0. The number of carboxylic acids is 1. The fourth-order valence-electron chi connectivity index (χ4n) is 1.46. The van der Waals surface area contributed by atoms with E-state index in [2.05, 4.69) is 9.97 Å². The number of aromatic carboxylic acids is 1. The fourth-order valence-corrected chi connectivity index (χ4v) is 1.65. The molecule has 0 saturated heterocycles. The molecule has 1 N–H and O–H groups in total. The molecule has 1 aromatic carbocycles. The molecule has 0 bridgehead atoms. The number of carbonyl (C=O) groups is 1. The standard InChI is InChI=1S/C13H11ClN2O3/c1-7-6-15-8(2)12(16-7)19-9-3-4-11(14)10(5-9)13(17)18/h3-6H,1-2H3,(H,17,18). The molecule has 1 heterocycles. The molecule has 98 valence electrons. The Labute approximate surface area is 114 Å². The molecule has 0 radical (unpaired) electrons. The van der Waals surface area contributed by atoms with Gasteiger partial charge in [0.25, 0.3) is 0 Å². The predicted octanol–water partition coefficient (Wildman–Crippen LogP) is 3.24. The molecule has 0 aliphatic rings. The second-order valence-corrected chi connectivity index (χ2v) is 4.36. The molecule has 2 aromatic rings. The summed E-state index contributed by atoms with van der Waals surface area (Å²) in [6.07, 6.45) is 1.63. The van der Waals surface area contributed by atoms with Gasteiger partial charge in [-0.3, -0.25) is 4.98 Å². The number of benzene rings is 1. The molecule has 19 heavy (non-hydrogen) atoms. The second-order valence-electron chi connectivity index (χ2n) is 3.95. The van der Waals surface area contributed by atoms with Crippen molar-refractivity contribution in [2.45, 2.75) is 13.8 Å². The quantitative estimate of drug-likeness (QED) is 0.933. The maximum Gasteiger partial charge on any atom is 0.337 e. The first-order chi connectivity index (χ1) is 8.97. The highest BCUT2D eigenvalue weighted by Crippen LogP contribution is 2.26. The van der Waals surface area contributed by atoms with Crippen LogP contribution in [0.3, 0.4) is 0 Å². The number of hydrogen-bond acceptors (Lipinski definition) is 4. The van der Waals surface area contributed by atoms with Crippen LogP contribution in [0.1, 0.15) is 21.7 Å². The first-order valence-corrected chi connectivity index (χ1v) is 5.86. The summed E-state index contributed by atoms with van der Waals surface area (Å²) in [5.41, 5.74) is 1.32. The van der Waals surface area contributed by atoms with E-state index in [0.29, 0.717) is 23.0 Å². The lowest BCUT2D eigenvalue weighted by Gasteiger charge is -2.08. The van der Waals surface area contributed by atoms with E-state index < -0.39 is 5.97 Å². The van der Waals surface area contributed by atoms with Crippen LogP contribution >= 0.6 is 11.6 Å². The van der Waals surface area contributed by atoms with E-state index in [0.717, 1.165) is 0 Å². The van der Waals surface area contributed by atoms with Gasteiger partial charge in [0.05, 0.1) is 22.0 Å². The summed E-state index contributed by atoms with van der Waals surface area (Å²) in [5, 5.41) is 9.15. The molecule has 5 nitrogen and oxygen atoms in total.